The second kappa shape index (κ2) is 4.29. The van der Waals surface area contributed by atoms with E-state index in [0.717, 1.165) is 17.7 Å². The van der Waals surface area contributed by atoms with E-state index in [1.807, 2.05) is 7.05 Å². The van der Waals surface area contributed by atoms with Crippen LogP contribution in [-0.4, -0.2) is 16.3 Å². The number of aryl methyl sites for hydroxylation is 1. The Balaban J connectivity index is 2.97. The van der Waals surface area contributed by atoms with Crippen molar-refractivity contribution in [2.45, 2.75) is 19.8 Å². The van der Waals surface area contributed by atoms with Crippen LogP contribution in [0, 0.1) is 6.57 Å². The van der Waals surface area contributed by atoms with Crippen molar-refractivity contribution in [3.63, 3.8) is 0 Å². The molecule has 1 aromatic heterocycles. The van der Waals surface area contributed by atoms with Gasteiger partial charge in [-0.3, -0.25) is 4.68 Å². The molecule has 0 amide bonds. The maximum Gasteiger partial charge on any atom is 0.218 e. The summed E-state index contributed by atoms with van der Waals surface area (Å²) in [5, 5.41) is 4.66. The van der Waals surface area contributed by atoms with Crippen LogP contribution in [0.25, 0.3) is 4.85 Å². The summed E-state index contributed by atoms with van der Waals surface area (Å²) in [5.74, 6) is 0. The molecule has 0 radical (unpaired) electrons. The molecule has 13 heavy (non-hydrogen) atoms. The predicted octanol–water partition coefficient (Wildman–Crippen LogP) is 2.10. The Morgan fingerprint density at radius 3 is 2.85 bits per heavy atom. The van der Waals surface area contributed by atoms with Crippen molar-refractivity contribution in [1.29, 1.82) is 0 Å². The highest BCUT2D eigenvalue weighted by molar-refractivity contribution is 6.30. The summed E-state index contributed by atoms with van der Waals surface area (Å²) in [4.78, 5) is 3.31. The number of nitrogens with zero attached hydrogens (tertiary/aromatic N) is 3. The van der Waals surface area contributed by atoms with E-state index < -0.39 is 0 Å². The molecule has 4 heteroatoms. The zero-order valence-corrected chi connectivity index (χ0v) is 8.60. The van der Waals surface area contributed by atoms with Crippen LogP contribution in [0.1, 0.15) is 18.2 Å². The van der Waals surface area contributed by atoms with Gasteiger partial charge in [0.05, 0.1) is 0 Å². The van der Waals surface area contributed by atoms with Crippen molar-refractivity contribution in [3.05, 3.63) is 27.8 Å². The number of hydrogen-bond donors (Lipinski definition) is 0. The van der Waals surface area contributed by atoms with Crippen molar-refractivity contribution in [1.82, 2.24) is 9.78 Å². The Labute approximate surface area is 83.1 Å². The van der Waals surface area contributed by atoms with Gasteiger partial charge in [-0.05, 0) is 6.42 Å². The number of halogens is 1. The largest absolute Gasteiger partial charge is 0.317 e. The minimum Gasteiger partial charge on any atom is -0.317 e. The van der Waals surface area contributed by atoms with E-state index in [0.29, 0.717) is 18.1 Å². The van der Waals surface area contributed by atoms with E-state index >= 15 is 0 Å². The first-order valence-corrected chi connectivity index (χ1v) is 4.62. The first kappa shape index (κ1) is 10.1. The first-order chi connectivity index (χ1) is 6.20. The molecule has 0 unspecified atom stereocenters. The van der Waals surface area contributed by atoms with Gasteiger partial charge in [0, 0.05) is 24.7 Å². The monoisotopic (exact) mass is 197 g/mol. The Morgan fingerprint density at radius 1 is 1.62 bits per heavy atom. The molecule has 1 rings (SSSR count). The van der Waals surface area contributed by atoms with Crippen LogP contribution in [0.3, 0.4) is 0 Å². The van der Waals surface area contributed by atoms with E-state index in [4.69, 9.17) is 18.2 Å². The molecule has 0 spiro atoms. The fourth-order valence-corrected chi connectivity index (χ4v) is 1.74. The van der Waals surface area contributed by atoms with Crippen molar-refractivity contribution < 1.29 is 0 Å². The van der Waals surface area contributed by atoms with E-state index in [9.17, 15) is 0 Å². The van der Waals surface area contributed by atoms with Crippen LogP contribution >= 0.6 is 11.6 Å². The average Bonchev–Trinajstić information content (AvgIpc) is 2.37. The number of rotatable bonds is 3. The van der Waals surface area contributed by atoms with E-state index in [-0.39, 0.29) is 0 Å². The molecule has 0 fully saturated rings. The average molecular weight is 198 g/mol. The Kier molecular flexibility index (Phi) is 3.32. The van der Waals surface area contributed by atoms with E-state index in [2.05, 4.69) is 16.9 Å². The zero-order valence-electron chi connectivity index (χ0n) is 7.84. The van der Waals surface area contributed by atoms with Gasteiger partial charge >= 0.3 is 0 Å². The van der Waals surface area contributed by atoms with Crippen LogP contribution in [0.15, 0.2) is 0 Å². The smallest absolute Gasteiger partial charge is 0.218 e. The lowest BCUT2D eigenvalue weighted by Crippen LogP contribution is -1.99. The summed E-state index contributed by atoms with van der Waals surface area (Å²) < 4.78 is 1.79. The van der Waals surface area contributed by atoms with Crippen LogP contribution in [0.5, 0.6) is 0 Å². The first-order valence-electron chi connectivity index (χ1n) is 4.24. The van der Waals surface area contributed by atoms with Gasteiger partial charge in [0.1, 0.15) is 0 Å². The topological polar surface area (TPSA) is 22.2 Å². The quantitative estimate of drug-likeness (QED) is 0.681. The molecule has 0 aliphatic rings. The Morgan fingerprint density at radius 2 is 2.31 bits per heavy atom. The third kappa shape index (κ3) is 2.02. The maximum atomic E-state index is 6.71. The number of hydrogen-bond acceptors (Lipinski definition) is 1. The molecule has 0 N–H and O–H groups in total. The summed E-state index contributed by atoms with van der Waals surface area (Å²) in [6.07, 6.45) is 1.61. The highest BCUT2D eigenvalue weighted by atomic mass is 35.5. The van der Waals surface area contributed by atoms with Gasteiger partial charge in [-0.1, -0.05) is 18.5 Å². The Hall–Kier alpha value is -1.01. The summed E-state index contributed by atoms with van der Waals surface area (Å²) in [6.45, 7) is 9.26. The fraction of sp³-hybridized carbons (Fsp3) is 0.556. The normalized spacial score (nSPS) is 10.0. The van der Waals surface area contributed by atoms with Crippen LogP contribution < -0.4 is 0 Å². The standard InChI is InChI=1S/C9H12ClN3/c1-4-8-7(5-6-11-2)9(10)12-13(8)3/h4-6H2,1,3H3. The lowest BCUT2D eigenvalue weighted by Gasteiger charge is -1.99. The molecule has 0 saturated heterocycles. The molecule has 0 saturated carbocycles. The van der Waals surface area contributed by atoms with Crippen molar-refractivity contribution in [2.75, 3.05) is 6.54 Å². The van der Waals surface area contributed by atoms with Crippen LogP contribution in [0.4, 0.5) is 0 Å². The fourth-order valence-electron chi connectivity index (χ4n) is 1.42. The minimum atomic E-state index is 0.485. The summed E-state index contributed by atoms with van der Waals surface area (Å²) >= 11 is 5.93. The molecule has 0 aromatic carbocycles. The maximum absolute atomic E-state index is 6.71. The van der Waals surface area contributed by atoms with Crippen LogP contribution in [-0.2, 0) is 19.9 Å². The van der Waals surface area contributed by atoms with Gasteiger partial charge in [-0.2, -0.15) is 5.10 Å². The van der Waals surface area contributed by atoms with Gasteiger partial charge in [0.25, 0.3) is 0 Å². The van der Waals surface area contributed by atoms with E-state index in [1.54, 1.807) is 4.68 Å². The molecule has 0 aliphatic heterocycles. The van der Waals surface area contributed by atoms with Gasteiger partial charge in [-0.15, -0.1) is 0 Å². The van der Waals surface area contributed by atoms with Gasteiger partial charge < -0.3 is 4.85 Å². The Bertz CT molecular complexity index is 335. The van der Waals surface area contributed by atoms with Gasteiger partial charge in [-0.25, -0.2) is 6.57 Å². The van der Waals surface area contributed by atoms with Gasteiger partial charge in [0.2, 0.25) is 6.54 Å². The zero-order chi connectivity index (χ0) is 9.84. The second-order valence-corrected chi connectivity index (χ2v) is 3.18. The molecular weight excluding hydrogens is 186 g/mol. The predicted molar refractivity (Wildman–Crippen MR) is 52.8 cm³/mol. The highest BCUT2D eigenvalue weighted by Gasteiger charge is 2.13. The molecular formula is C9H12ClN3. The molecule has 0 aliphatic carbocycles. The molecule has 70 valence electrons. The third-order valence-electron chi connectivity index (χ3n) is 2.03. The van der Waals surface area contributed by atoms with Crippen molar-refractivity contribution in [2.24, 2.45) is 7.05 Å². The van der Waals surface area contributed by atoms with Crippen molar-refractivity contribution in [3.8, 4) is 0 Å². The van der Waals surface area contributed by atoms with Crippen LogP contribution in [0.2, 0.25) is 5.15 Å². The highest BCUT2D eigenvalue weighted by Crippen LogP contribution is 2.19. The number of aromatic nitrogens is 2. The molecule has 0 atom stereocenters. The van der Waals surface area contributed by atoms with E-state index in [1.165, 1.54) is 0 Å². The second-order valence-electron chi connectivity index (χ2n) is 2.82. The summed E-state index contributed by atoms with van der Waals surface area (Å²) in [6, 6.07) is 0. The summed E-state index contributed by atoms with van der Waals surface area (Å²) in [7, 11) is 1.88. The molecule has 1 aromatic rings. The molecule has 1 heterocycles. The van der Waals surface area contributed by atoms with Gasteiger partial charge in [0.15, 0.2) is 5.15 Å². The molecule has 3 nitrogen and oxygen atoms in total. The van der Waals surface area contributed by atoms with Crippen molar-refractivity contribution >= 4 is 11.6 Å². The lowest BCUT2D eigenvalue weighted by molar-refractivity contribution is 0.715. The lowest BCUT2D eigenvalue weighted by atomic mass is 10.1. The SMILES string of the molecule is [C-]#[N+]CCc1c(Cl)nn(C)c1CC. The third-order valence-corrected chi connectivity index (χ3v) is 2.34. The molecule has 0 bridgehead atoms. The minimum absolute atomic E-state index is 0.485. The summed E-state index contributed by atoms with van der Waals surface area (Å²) in [5.41, 5.74) is 2.16.